The number of hydrogen-bond acceptors (Lipinski definition) is 4. The van der Waals surface area contributed by atoms with Crippen LogP contribution in [0.2, 0.25) is 10.0 Å². The minimum Gasteiger partial charge on any atom is -0.482 e. The molecule has 3 N–H and O–H groups in total. The van der Waals surface area contributed by atoms with Crippen LogP contribution in [0, 0.1) is 5.82 Å². The Morgan fingerprint density at radius 1 is 1.33 bits per heavy atom. The number of aryl methyl sites for hydroxylation is 1. The van der Waals surface area contributed by atoms with Gasteiger partial charge in [0, 0.05) is 29.2 Å². The van der Waals surface area contributed by atoms with Crippen LogP contribution < -0.4 is 15.8 Å². The van der Waals surface area contributed by atoms with Gasteiger partial charge in [-0.1, -0.05) is 42.5 Å². The van der Waals surface area contributed by atoms with Gasteiger partial charge in [0.15, 0.2) is 11.6 Å². The molecule has 1 aliphatic carbocycles. The monoisotopic (exact) mass is 453 g/mol. The van der Waals surface area contributed by atoms with Crippen molar-refractivity contribution < 1.29 is 13.9 Å². The van der Waals surface area contributed by atoms with E-state index in [4.69, 9.17) is 33.7 Å². The Kier molecular flexibility index (Phi) is 7.78. The second-order valence-corrected chi connectivity index (χ2v) is 8.43. The minimum atomic E-state index is -0.644. The SMILES string of the molecule is CC(Oc1cc(CCC(=O)NC2CCCCC2)cnc1N)c1c(Cl)ccc(F)c1Cl. The van der Waals surface area contributed by atoms with Gasteiger partial charge in [-0.3, -0.25) is 4.79 Å². The molecule has 8 heteroatoms. The number of nitrogens with zero attached hydrogens (tertiary/aromatic N) is 1. The van der Waals surface area contributed by atoms with Crippen molar-refractivity contribution in [2.45, 2.75) is 64.0 Å². The molecule has 1 unspecified atom stereocenters. The molecular formula is C22H26Cl2FN3O2. The Morgan fingerprint density at radius 2 is 2.07 bits per heavy atom. The van der Waals surface area contributed by atoms with Gasteiger partial charge in [-0.25, -0.2) is 9.37 Å². The third kappa shape index (κ3) is 5.76. The van der Waals surface area contributed by atoms with E-state index in [-0.39, 0.29) is 22.8 Å². The first-order valence-electron chi connectivity index (χ1n) is 10.2. The number of pyridine rings is 1. The summed E-state index contributed by atoms with van der Waals surface area (Å²) in [4.78, 5) is 16.4. The molecule has 2 aromatic rings. The molecule has 1 heterocycles. The molecule has 0 bridgehead atoms. The van der Waals surface area contributed by atoms with E-state index >= 15 is 0 Å². The number of benzene rings is 1. The van der Waals surface area contributed by atoms with Crippen molar-refractivity contribution in [1.82, 2.24) is 10.3 Å². The maximum Gasteiger partial charge on any atom is 0.220 e. The van der Waals surface area contributed by atoms with Crippen LogP contribution in [-0.2, 0) is 11.2 Å². The predicted octanol–water partition coefficient (Wildman–Crippen LogP) is 5.63. The second kappa shape index (κ2) is 10.3. The molecule has 1 saturated carbocycles. The summed E-state index contributed by atoms with van der Waals surface area (Å²) in [7, 11) is 0. The van der Waals surface area contributed by atoms with E-state index in [1.54, 1.807) is 19.2 Å². The summed E-state index contributed by atoms with van der Waals surface area (Å²) in [6.45, 7) is 1.70. The fraction of sp³-hybridized carbons (Fsp3) is 0.455. The lowest BCUT2D eigenvalue weighted by Crippen LogP contribution is -2.36. The van der Waals surface area contributed by atoms with Gasteiger partial charge in [0.05, 0.1) is 5.02 Å². The molecule has 1 aliphatic rings. The van der Waals surface area contributed by atoms with Crippen LogP contribution in [0.15, 0.2) is 24.4 Å². The second-order valence-electron chi connectivity index (χ2n) is 7.65. The Labute approximate surface area is 186 Å². The largest absolute Gasteiger partial charge is 0.482 e. The van der Waals surface area contributed by atoms with E-state index in [9.17, 15) is 9.18 Å². The topological polar surface area (TPSA) is 77.2 Å². The number of carbonyl (C=O) groups is 1. The zero-order valence-corrected chi connectivity index (χ0v) is 18.4. The van der Waals surface area contributed by atoms with Crippen molar-refractivity contribution in [1.29, 1.82) is 0 Å². The molecule has 0 saturated heterocycles. The predicted molar refractivity (Wildman–Crippen MR) is 117 cm³/mol. The van der Waals surface area contributed by atoms with Crippen LogP contribution in [-0.4, -0.2) is 16.9 Å². The number of halogens is 3. The molecule has 30 heavy (non-hydrogen) atoms. The van der Waals surface area contributed by atoms with E-state index in [1.165, 1.54) is 31.4 Å². The van der Waals surface area contributed by atoms with Gasteiger partial charge in [0.25, 0.3) is 0 Å². The molecule has 1 atom stereocenters. The lowest BCUT2D eigenvalue weighted by atomic mass is 9.95. The number of aromatic nitrogens is 1. The average Bonchev–Trinajstić information content (AvgIpc) is 2.72. The minimum absolute atomic E-state index is 0.0351. The Hall–Kier alpha value is -2.05. The van der Waals surface area contributed by atoms with Crippen LogP contribution in [0.5, 0.6) is 5.75 Å². The zero-order chi connectivity index (χ0) is 21.7. The summed E-state index contributed by atoms with van der Waals surface area (Å²) in [5.41, 5.74) is 7.11. The van der Waals surface area contributed by atoms with Crippen molar-refractivity contribution in [3.05, 3.63) is 51.4 Å². The number of nitrogens with one attached hydrogen (secondary N) is 1. The van der Waals surface area contributed by atoms with Crippen LogP contribution in [0.25, 0.3) is 0 Å². The lowest BCUT2D eigenvalue weighted by molar-refractivity contribution is -0.121. The summed E-state index contributed by atoms with van der Waals surface area (Å²) in [6, 6.07) is 4.67. The van der Waals surface area contributed by atoms with Gasteiger partial charge >= 0.3 is 0 Å². The molecule has 0 spiro atoms. The summed E-state index contributed by atoms with van der Waals surface area (Å²) in [5.74, 6) is -0.00628. The summed E-state index contributed by atoms with van der Waals surface area (Å²) < 4.78 is 19.7. The number of hydrogen-bond donors (Lipinski definition) is 2. The molecule has 1 aromatic carbocycles. The first kappa shape index (κ1) is 22.6. The molecule has 1 fully saturated rings. The van der Waals surface area contributed by atoms with Gasteiger partial charge in [-0.15, -0.1) is 0 Å². The summed E-state index contributed by atoms with van der Waals surface area (Å²) >= 11 is 12.2. The van der Waals surface area contributed by atoms with Gasteiger partial charge in [0.1, 0.15) is 11.9 Å². The number of nitrogens with two attached hydrogens (primary N) is 1. The van der Waals surface area contributed by atoms with Crippen molar-refractivity contribution >= 4 is 34.9 Å². The van der Waals surface area contributed by atoms with E-state index < -0.39 is 11.9 Å². The van der Waals surface area contributed by atoms with Crippen LogP contribution in [0.1, 0.15) is 62.7 Å². The quantitative estimate of drug-likeness (QED) is 0.532. The van der Waals surface area contributed by atoms with Gasteiger partial charge < -0.3 is 15.8 Å². The Bertz CT molecular complexity index is 904. The van der Waals surface area contributed by atoms with Crippen molar-refractivity contribution in [2.24, 2.45) is 0 Å². The van der Waals surface area contributed by atoms with Gasteiger partial charge in [-0.2, -0.15) is 0 Å². The van der Waals surface area contributed by atoms with Gasteiger partial charge in [-0.05, 0) is 49.9 Å². The van der Waals surface area contributed by atoms with E-state index in [2.05, 4.69) is 10.3 Å². The first-order chi connectivity index (χ1) is 14.3. The Balaban J connectivity index is 1.63. The van der Waals surface area contributed by atoms with E-state index in [0.29, 0.717) is 29.2 Å². The zero-order valence-electron chi connectivity index (χ0n) is 16.9. The van der Waals surface area contributed by atoms with Crippen LogP contribution >= 0.6 is 23.2 Å². The fourth-order valence-corrected chi connectivity index (χ4v) is 4.37. The Morgan fingerprint density at radius 3 is 2.80 bits per heavy atom. The number of nitrogen functional groups attached to an aromatic ring is 1. The number of ether oxygens (including phenoxy) is 1. The number of rotatable bonds is 7. The fourth-order valence-electron chi connectivity index (χ4n) is 3.70. The standard InChI is InChI=1S/C22H26Cl2FN3O2/c1-13(20-16(23)8-9-17(25)21(20)24)30-18-11-14(12-27-22(18)26)7-10-19(29)28-15-5-3-2-4-6-15/h8-9,11-13,15H,2-7,10H2,1H3,(H2,26,27)(H,28,29). The molecular weight excluding hydrogens is 428 g/mol. The average molecular weight is 454 g/mol. The van der Waals surface area contributed by atoms with E-state index in [0.717, 1.165) is 18.4 Å². The van der Waals surface area contributed by atoms with E-state index in [1.807, 2.05) is 0 Å². The highest BCUT2D eigenvalue weighted by atomic mass is 35.5. The summed E-state index contributed by atoms with van der Waals surface area (Å²) in [5, 5.41) is 3.32. The highest BCUT2D eigenvalue weighted by molar-refractivity contribution is 6.36. The molecule has 3 rings (SSSR count). The number of carbonyl (C=O) groups excluding carboxylic acids is 1. The molecule has 0 aliphatic heterocycles. The maximum absolute atomic E-state index is 13.8. The van der Waals surface area contributed by atoms with Crippen LogP contribution in [0.3, 0.4) is 0 Å². The first-order valence-corrected chi connectivity index (χ1v) is 10.9. The van der Waals surface area contributed by atoms with Crippen molar-refractivity contribution in [2.75, 3.05) is 5.73 Å². The molecule has 1 amide bonds. The molecule has 0 radical (unpaired) electrons. The third-order valence-electron chi connectivity index (χ3n) is 5.34. The molecule has 162 valence electrons. The summed E-state index contributed by atoms with van der Waals surface area (Å²) in [6.07, 6.45) is 7.55. The third-order valence-corrected chi connectivity index (χ3v) is 6.05. The smallest absolute Gasteiger partial charge is 0.220 e. The van der Waals surface area contributed by atoms with Gasteiger partial charge in [0.2, 0.25) is 5.91 Å². The van der Waals surface area contributed by atoms with Crippen LogP contribution in [0.4, 0.5) is 10.2 Å². The maximum atomic E-state index is 13.8. The highest BCUT2D eigenvalue weighted by Crippen LogP contribution is 2.36. The van der Waals surface area contributed by atoms with Crippen molar-refractivity contribution in [3.8, 4) is 5.75 Å². The molecule has 1 aromatic heterocycles. The lowest BCUT2D eigenvalue weighted by Gasteiger charge is -2.22. The number of anilines is 1. The normalized spacial score (nSPS) is 15.6. The highest BCUT2D eigenvalue weighted by Gasteiger charge is 2.20. The number of amides is 1. The molecule has 5 nitrogen and oxygen atoms in total. The van der Waals surface area contributed by atoms with Crippen molar-refractivity contribution in [3.63, 3.8) is 0 Å².